The molecule has 0 aliphatic carbocycles. The first-order valence-electron chi connectivity index (χ1n) is 7.42. The van der Waals surface area contributed by atoms with Gasteiger partial charge in [-0.15, -0.1) is 0 Å². The first kappa shape index (κ1) is 14.4. The number of aliphatic imine (C=N–C) groups is 2. The van der Waals surface area contributed by atoms with E-state index in [4.69, 9.17) is 9.47 Å². The van der Waals surface area contributed by atoms with Crippen molar-refractivity contribution in [3.63, 3.8) is 0 Å². The van der Waals surface area contributed by atoms with Crippen LogP contribution in [0.2, 0.25) is 0 Å². The van der Waals surface area contributed by atoms with Gasteiger partial charge >= 0.3 is 0 Å². The third kappa shape index (κ3) is 4.51. The second kappa shape index (κ2) is 6.40. The SMILES string of the molecule is CC(C)CC1COC(CC2=NC(CC(C)C)CO2)=N1. The maximum atomic E-state index is 5.63. The quantitative estimate of drug-likeness (QED) is 0.741. The summed E-state index contributed by atoms with van der Waals surface area (Å²) in [5, 5.41) is 0. The summed E-state index contributed by atoms with van der Waals surface area (Å²) in [5.41, 5.74) is 0. The van der Waals surface area contributed by atoms with Crippen molar-refractivity contribution in [1.82, 2.24) is 0 Å². The molecule has 0 saturated heterocycles. The number of hydrogen-bond donors (Lipinski definition) is 0. The summed E-state index contributed by atoms with van der Waals surface area (Å²) in [6.45, 7) is 10.3. The van der Waals surface area contributed by atoms with Crippen molar-refractivity contribution >= 4 is 11.8 Å². The van der Waals surface area contributed by atoms with E-state index in [1.165, 1.54) is 0 Å². The molecule has 0 bridgehead atoms. The van der Waals surface area contributed by atoms with Crippen LogP contribution in [0.4, 0.5) is 0 Å². The molecule has 0 spiro atoms. The third-order valence-electron chi connectivity index (χ3n) is 3.33. The zero-order chi connectivity index (χ0) is 13.8. The van der Waals surface area contributed by atoms with E-state index in [1.807, 2.05) is 0 Å². The van der Waals surface area contributed by atoms with Gasteiger partial charge in [-0.25, -0.2) is 9.98 Å². The molecule has 0 aromatic rings. The van der Waals surface area contributed by atoms with Crippen molar-refractivity contribution in [2.24, 2.45) is 21.8 Å². The van der Waals surface area contributed by atoms with Crippen LogP contribution in [0, 0.1) is 11.8 Å². The van der Waals surface area contributed by atoms with Crippen LogP contribution in [-0.2, 0) is 9.47 Å². The van der Waals surface area contributed by atoms with Crippen molar-refractivity contribution in [3.05, 3.63) is 0 Å². The Labute approximate surface area is 116 Å². The fourth-order valence-corrected chi connectivity index (χ4v) is 2.59. The Morgan fingerprint density at radius 2 is 1.32 bits per heavy atom. The lowest BCUT2D eigenvalue weighted by molar-refractivity contribution is 0.285. The van der Waals surface area contributed by atoms with Crippen LogP contribution in [-0.4, -0.2) is 37.1 Å². The molecular formula is C15H26N2O2. The van der Waals surface area contributed by atoms with Crippen LogP contribution in [0.25, 0.3) is 0 Å². The highest BCUT2D eigenvalue weighted by atomic mass is 16.5. The number of hydrogen-bond acceptors (Lipinski definition) is 4. The molecular weight excluding hydrogens is 240 g/mol. The fourth-order valence-electron chi connectivity index (χ4n) is 2.59. The van der Waals surface area contributed by atoms with E-state index in [9.17, 15) is 0 Å². The minimum atomic E-state index is 0.323. The van der Waals surface area contributed by atoms with Crippen LogP contribution >= 0.6 is 0 Å². The lowest BCUT2D eigenvalue weighted by Gasteiger charge is -2.06. The lowest BCUT2D eigenvalue weighted by atomic mass is 10.1. The Kier molecular flexibility index (Phi) is 4.83. The van der Waals surface area contributed by atoms with Crippen molar-refractivity contribution in [1.29, 1.82) is 0 Å². The highest BCUT2D eigenvalue weighted by Crippen LogP contribution is 2.19. The monoisotopic (exact) mass is 266 g/mol. The van der Waals surface area contributed by atoms with Crippen LogP contribution in [0.15, 0.2) is 9.98 Å². The first-order chi connectivity index (χ1) is 9.02. The lowest BCUT2D eigenvalue weighted by Crippen LogP contribution is -2.10. The van der Waals surface area contributed by atoms with E-state index in [1.54, 1.807) is 0 Å². The number of nitrogens with zero attached hydrogens (tertiary/aromatic N) is 2. The average Bonchev–Trinajstić information content (AvgIpc) is 2.88. The van der Waals surface area contributed by atoms with Crippen molar-refractivity contribution in [3.8, 4) is 0 Å². The molecule has 2 heterocycles. The Balaban J connectivity index is 1.82. The molecule has 0 N–H and O–H groups in total. The molecule has 0 aromatic heterocycles. The summed E-state index contributed by atoms with van der Waals surface area (Å²) in [6, 6.07) is 0.645. The van der Waals surface area contributed by atoms with Gasteiger partial charge in [-0.2, -0.15) is 0 Å². The van der Waals surface area contributed by atoms with Gasteiger partial charge in [0.2, 0.25) is 0 Å². The van der Waals surface area contributed by atoms with Gasteiger partial charge in [0.25, 0.3) is 0 Å². The predicted molar refractivity (Wildman–Crippen MR) is 77.9 cm³/mol. The van der Waals surface area contributed by atoms with E-state index >= 15 is 0 Å². The number of rotatable bonds is 6. The van der Waals surface area contributed by atoms with Gasteiger partial charge in [-0.3, -0.25) is 0 Å². The molecule has 2 aliphatic rings. The molecule has 2 rings (SSSR count). The molecule has 0 fully saturated rings. The standard InChI is InChI=1S/C15H26N2O2/c1-10(2)5-12-8-18-14(16-12)7-15-17-13(9-19-15)6-11(3)4/h10-13H,5-9H2,1-4H3. The molecule has 2 atom stereocenters. The van der Waals surface area contributed by atoms with Crippen molar-refractivity contribution in [2.75, 3.05) is 13.2 Å². The van der Waals surface area contributed by atoms with Gasteiger partial charge in [0, 0.05) is 0 Å². The molecule has 0 radical (unpaired) electrons. The normalized spacial score (nSPS) is 26.4. The molecule has 2 unspecified atom stereocenters. The van der Waals surface area contributed by atoms with Gasteiger partial charge in [0.1, 0.15) is 13.2 Å². The van der Waals surface area contributed by atoms with Crippen LogP contribution in [0.3, 0.4) is 0 Å². The average molecular weight is 266 g/mol. The molecule has 108 valence electrons. The highest BCUT2D eigenvalue weighted by Gasteiger charge is 2.25. The summed E-state index contributed by atoms with van der Waals surface area (Å²) in [5.74, 6) is 2.92. The van der Waals surface area contributed by atoms with Gasteiger partial charge in [0.15, 0.2) is 11.8 Å². The highest BCUT2D eigenvalue weighted by molar-refractivity contribution is 5.98. The maximum absolute atomic E-state index is 5.63. The molecule has 4 heteroatoms. The minimum absolute atomic E-state index is 0.323. The summed E-state index contributed by atoms with van der Waals surface area (Å²) in [7, 11) is 0. The predicted octanol–water partition coefficient (Wildman–Crippen LogP) is 3.06. The van der Waals surface area contributed by atoms with E-state index < -0.39 is 0 Å². The first-order valence-corrected chi connectivity index (χ1v) is 7.42. The second-order valence-electron chi connectivity index (χ2n) is 6.41. The summed E-state index contributed by atoms with van der Waals surface area (Å²) in [4.78, 5) is 9.22. The van der Waals surface area contributed by atoms with E-state index in [0.29, 0.717) is 30.3 Å². The summed E-state index contributed by atoms with van der Waals surface area (Å²) >= 11 is 0. The fraction of sp³-hybridized carbons (Fsp3) is 0.867. The van der Waals surface area contributed by atoms with Crippen LogP contribution in [0.5, 0.6) is 0 Å². The van der Waals surface area contributed by atoms with Crippen molar-refractivity contribution < 1.29 is 9.47 Å². The maximum Gasteiger partial charge on any atom is 0.193 e. The van der Waals surface area contributed by atoms with E-state index in [-0.39, 0.29) is 0 Å². The molecule has 2 aliphatic heterocycles. The van der Waals surface area contributed by atoms with Crippen LogP contribution in [0.1, 0.15) is 47.0 Å². The molecule has 4 nitrogen and oxygen atoms in total. The van der Waals surface area contributed by atoms with E-state index in [0.717, 1.165) is 37.9 Å². The summed E-state index contributed by atoms with van der Waals surface area (Å²) < 4.78 is 11.3. The zero-order valence-electron chi connectivity index (χ0n) is 12.6. The Morgan fingerprint density at radius 1 is 0.895 bits per heavy atom. The van der Waals surface area contributed by atoms with Gasteiger partial charge in [0.05, 0.1) is 18.5 Å². The van der Waals surface area contributed by atoms with E-state index in [2.05, 4.69) is 37.7 Å². The Hall–Kier alpha value is -1.06. The molecule has 0 saturated carbocycles. The van der Waals surface area contributed by atoms with Crippen LogP contribution < -0.4 is 0 Å². The number of ether oxygens (including phenoxy) is 2. The third-order valence-corrected chi connectivity index (χ3v) is 3.33. The second-order valence-corrected chi connectivity index (χ2v) is 6.41. The smallest absolute Gasteiger partial charge is 0.193 e. The van der Waals surface area contributed by atoms with Crippen molar-refractivity contribution in [2.45, 2.75) is 59.0 Å². The zero-order valence-corrected chi connectivity index (χ0v) is 12.6. The Bertz CT molecular complexity index is 327. The van der Waals surface area contributed by atoms with Gasteiger partial charge in [-0.1, -0.05) is 27.7 Å². The summed E-state index contributed by atoms with van der Waals surface area (Å²) in [6.07, 6.45) is 2.81. The van der Waals surface area contributed by atoms with Gasteiger partial charge in [-0.05, 0) is 24.7 Å². The largest absolute Gasteiger partial charge is 0.478 e. The molecule has 0 amide bonds. The molecule has 0 aromatic carbocycles. The molecule has 19 heavy (non-hydrogen) atoms. The topological polar surface area (TPSA) is 43.2 Å². The Morgan fingerprint density at radius 3 is 1.68 bits per heavy atom. The van der Waals surface area contributed by atoms with Gasteiger partial charge < -0.3 is 9.47 Å². The minimum Gasteiger partial charge on any atom is -0.478 e.